The number of hydrogen-bond donors (Lipinski definition) is 2. The molecule has 2 heterocycles. The molecular formula is C22H38IN5O2. The summed E-state index contributed by atoms with van der Waals surface area (Å²) in [6, 6.07) is 4.04. The van der Waals surface area contributed by atoms with E-state index in [9.17, 15) is 0 Å². The molecule has 1 aliphatic carbocycles. The summed E-state index contributed by atoms with van der Waals surface area (Å²) in [5.41, 5.74) is 1.09. The van der Waals surface area contributed by atoms with Crippen LogP contribution in [0.25, 0.3) is 0 Å². The lowest BCUT2D eigenvalue weighted by atomic mass is 9.98. The van der Waals surface area contributed by atoms with Crippen LogP contribution >= 0.6 is 24.0 Å². The zero-order valence-corrected chi connectivity index (χ0v) is 20.6. The highest BCUT2D eigenvalue weighted by Gasteiger charge is 2.15. The van der Waals surface area contributed by atoms with Crippen molar-refractivity contribution in [3.05, 3.63) is 23.9 Å². The second-order valence-corrected chi connectivity index (χ2v) is 7.81. The Morgan fingerprint density at radius 2 is 2.00 bits per heavy atom. The quantitative estimate of drug-likeness (QED) is 0.221. The molecular weight excluding hydrogens is 493 g/mol. The lowest BCUT2D eigenvalue weighted by Gasteiger charge is -2.26. The molecule has 0 aromatic carbocycles. The van der Waals surface area contributed by atoms with Crippen LogP contribution in [0.3, 0.4) is 0 Å². The highest BCUT2D eigenvalue weighted by Crippen LogP contribution is 2.22. The van der Waals surface area contributed by atoms with Gasteiger partial charge < -0.3 is 20.1 Å². The Labute approximate surface area is 198 Å². The zero-order valence-electron chi connectivity index (χ0n) is 18.3. The molecule has 2 aliphatic rings. The van der Waals surface area contributed by atoms with Gasteiger partial charge in [0, 0.05) is 38.4 Å². The van der Waals surface area contributed by atoms with E-state index in [1.807, 2.05) is 12.3 Å². The van der Waals surface area contributed by atoms with Crippen molar-refractivity contribution in [2.24, 2.45) is 4.99 Å². The summed E-state index contributed by atoms with van der Waals surface area (Å²) in [5, 5.41) is 6.75. The largest absolute Gasteiger partial charge is 0.474 e. The molecule has 2 N–H and O–H groups in total. The summed E-state index contributed by atoms with van der Waals surface area (Å²) in [6.07, 6.45) is 9.48. The van der Waals surface area contributed by atoms with E-state index in [0.717, 1.165) is 82.6 Å². The molecule has 0 spiro atoms. The smallest absolute Gasteiger partial charge is 0.213 e. The maximum atomic E-state index is 6.01. The predicted octanol–water partition coefficient (Wildman–Crippen LogP) is 3.19. The van der Waals surface area contributed by atoms with Gasteiger partial charge in [-0.25, -0.2) is 9.98 Å². The molecule has 2 fully saturated rings. The number of rotatable bonds is 9. The van der Waals surface area contributed by atoms with E-state index in [4.69, 9.17) is 14.5 Å². The molecule has 8 heteroatoms. The summed E-state index contributed by atoms with van der Waals surface area (Å²) in [4.78, 5) is 11.6. The van der Waals surface area contributed by atoms with Gasteiger partial charge >= 0.3 is 0 Å². The van der Waals surface area contributed by atoms with Gasteiger partial charge in [-0.3, -0.25) is 4.90 Å². The fraction of sp³-hybridized carbons (Fsp3) is 0.727. The Morgan fingerprint density at radius 3 is 2.70 bits per heavy atom. The summed E-state index contributed by atoms with van der Waals surface area (Å²) in [5.74, 6) is 1.59. The van der Waals surface area contributed by atoms with Crippen LogP contribution in [0.15, 0.2) is 23.3 Å². The van der Waals surface area contributed by atoms with Gasteiger partial charge in [0.25, 0.3) is 0 Å². The molecule has 0 unspecified atom stereocenters. The topological polar surface area (TPSA) is 71.0 Å². The average molecular weight is 531 g/mol. The minimum Gasteiger partial charge on any atom is -0.474 e. The number of aliphatic imine (C=N–C) groups is 1. The molecule has 3 rings (SSSR count). The molecule has 0 radical (unpaired) electrons. The van der Waals surface area contributed by atoms with Gasteiger partial charge in [0.2, 0.25) is 5.88 Å². The van der Waals surface area contributed by atoms with E-state index in [1.54, 1.807) is 0 Å². The number of morpholine rings is 1. The molecule has 0 atom stereocenters. The van der Waals surface area contributed by atoms with Crippen molar-refractivity contribution < 1.29 is 9.47 Å². The number of hydrogen-bond acceptors (Lipinski definition) is 5. The Kier molecular flexibility index (Phi) is 12.4. The van der Waals surface area contributed by atoms with Crippen molar-refractivity contribution in [2.75, 3.05) is 45.9 Å². The monoisotopic (exact) mass is 531 g/mol. The van der Waals surface area contributed by atoms with Gasteiger partial charge in [0.15, 0.2) is 5.96 Å². The van der Waals surface area contributed by atoms with Crippen molar-refractivity contribution in [3.8, 4) is 5.88 Å². The van der Waals surface area contributed by atoms with E-state index in [2.05, 4.69) is 33.5 Å². The van der Waals surface area contributed by atoms with E-state index in [0.29, 0.717) is 12.6 Å². The first-order chi connectivity index (χ1) is 14.3. The van der Waals surface area contributed by atoms with Gasteiger partial charge in [0.05, 0.1) is 19.8 Å². The van der Waals surface area contributed by atoms with Gasteiger partial charge in [-0.1, -0.05) is 12.5 Å². The first-order valence-corrected chi connectivity index (χ1v) is 11.3. The van der Waals surface area contributed by atoms with Gasteiger partial charge in [-0.15, -0.1) is 24.0 Å². The molecule has 0 bridgehead atoms. The maximum absolute atomic E-state index is 6.01. The highest BCUT2D eigenvalue weighted by molar-refractivity contribution is 14.0. The Bertz CT molecular complexity index is 602. The predicted molar refractivity (Wildman–Crippen MR) is 132 cm³/mol. The molecule has 1 saturated heterocycles. The number of pyridine rings is 1. The number of aromatic nitrogens is 1. The zero-order chi connectivity index (χ0) is 20.2. The number of guanidine groups is 1. The van der Waals surface area contributed by atoms with Crippen molar-refractivity contribution in [1.82, 2.24) is 20.5 Å². The number of ether oxygens (including phenoxy) is 2. The first-order valence-electron chi connectivity index (χ1n) is 11.3. The van der Waals surface area contributed by atoms with E-state index < -0.39 is 0 Å². The summed E-state index contributed by atoms with van der Waals surface area (Å²) in [7, 11) is 0. The van der Waals surface area contributed by atoms with Crippen LogP contribution in [0, 0.1) is 0 Å². The van der Waals surface area contributed by atoms with Crippen LogP contribution < -0.4 is 15.4 Å². The molecule has 30 heavy (non-hydrogen) atoms. The Balaban J connectivity index is 0.00000320. The van der Waals surface area contributed by atoms with Crippen molar-refractivity contribution in [3.63, 3.8) is 0 Å². The Morgan fingerprint density at radius 1 is 1.20 bits per heavy atom. The van der Waals surface area contributed by atoms with Gasteiger partial charge in [0.1, 0.15) is 6.10 Å². The van der Waals surface area contributed by atoms with Gasteiger partial charge in [-0.2, -0.15) is 0 Å². The minimum atomic E-state index is 0. The van der Waals surface area contributed by atoms with Crippen LogP contribution in [0.5, 0.6) is 5.88 Å². The van der Waals surface area contributed by atoms with E-state index in [-0.39, 0.29) is 24.0 Å². The van der Waals surface area contributed by atoms with Crippen LogP contribution in [0.1, 0.15) is 51.0 Å². The minimum absolute atomic E-state index is 0. The summed E-state index contributed by atoms with van der Waals surface area (Å²) in [6.45, 7) is 9.36. The summed E-state index contributed by atoms with van der Waals surface area (Å²) >= 11 is 0. The second-order valence-electron chi connectivity index (χ2n) is 7.81. The first kappa shape index (κ1) is 25.1. The molecule has 170 valence electrons. The third-order valence-corrected chi connectivity index (χ3v) is 5.45. The molecule has 1 aromatic heterocycles. The van der Waals surface area contributed by atoms with Crippen LogP contribution in [0.2, 0.25) is 0 Å². The summed E-state index contributed by atoms with van der Waals surface area (Å²) < 4.78 is 11.4. The molecule has 7 nitrogen and oxygen atoms in total. The lowest BCUT2D eigenvalue weighted by Crippen LogP contribution is -2.40. The third kappa shape index (κ3) is 9.34. The number of halogens is 1. The van der Waals surface area contributed by atoms with Crippen molar-refractivity contribution in [1.29, 1.82) is 0 Å². The van der Waals surface area contributed by atoms with Gasteiger partial charge in [-0.05, 0) is 51.1 Å². The Hall–Kier alpha value is -1.13. The maximum Gasteiger partial charge on any atom is 0.213 e. The highest BCUT2D eigenvalue weighted by atomic mass is 127. The van der Waals surface area contributed by atoms with Crippen LogP contribution in [0.4, 0.5) is 0 Å². The molecule has 0 amide bonds. The number of nitrogens with one attached hydrogen (secondary N) is 2. The van der Waals surface area contributed by atoms with E-state index >= 15 is 0 Å². The molecule has 1 aromatic rings. The SMILES string of the molecule is CCNC(=NCc1ccc(OC2CCCCC2)nc1)NCCCN1CCOCC1.I. The normalized spacial score (nSPS) is 18.5. The fourth-order valence-electron chi connectivity index (χ4n) is 3.77. The molecule has 1 aliphatic heterocycles. The third-order valence-electron chi connectivity index (χ3n) is 5.45. The second kappa shape index (κ2) is 14.8. The standard InChI is InChI=1S/C22H37N5O2.HI/c1-2-23-22(24-11-6-12-27-13-15-28-16-14-27)26-18-19-9-10-21(25-17-19)29-20-7-4-3-5-8-20;/h9-10,17,20H,2-8,11-16,18H2,1H3,(H2,23,24,26);1H. The van der Waals surface area contributed by atoms with Crippen LogP contribution in [-0.4, -0.2) is 67.9 Å². The fourth-order valence-corrected chi connectivity index (χ4v) is 3.77. The van der Waals surface area contributed by atoms with Crippen molar-refractivity contribution >= 4 is 29.9 Å². The average Bonchev–Trinajstić information content (AvgIpc) is 2.77. The van der Waals surface area contributed by atoms with Crippen molar-refractivity contribution in [2.45, 2.75) is 58.1 Å². The molecule has 1 saturated carbocycles. The van der Waals surface area contributed by atoms with Crippen LogP contribution in [-0.2, 0) is 11.3 Å². The lowest BCUT2D eigenvalue weighted by molar-refractivity contribution is 0.0376. The van der Waals surface area contributed by atoms with E-state index in [1.165, 1.54) is 19.3 Å². The number of nitrogens with zero attached hydrogens (tertiary/aromatic N) is 3.